The SMILES string of the molecule is CN(C(=O)NCc1ccncc1)[C@H]1CCCN(c2ccccc2)C1. The number of pyridine rings is 1. The molecule has 2 amide bonds. The average molecular weight is 324 g/mol. The van der Waals surface area contributed by atoms with Crippen molar-refractivity contribution in [2.24, 2.45) is 0 Å². The number of urea groups is 1. The standard InChI is InChI=1S/C19H24N4O/c1-22(19(24)21-14-16-9-11-20-12-10-16)18-8-5-13-23(15-18)17-6-3-2-4-7-17/h2-4,6-7,9-12,18H,5,8,13-15H2,1H3,(H,21,24)/t18-/m0/s1. The van der Waals surface area contributed by atoms with Crippen LogP contribution in [0.2, 0.25) is 0 Å². The molecular formula is C19H24N4O. The van der Waals surface area contributed by atoms with Crippen LogP contribution in [-0.2, 0) is 6.54 Å². The molecule has 0 aliphatic carbocycles. The maximum absolute atomic E-state index is 12.4. The van der Waals surface area contributed by atoms with Crippen LogP contribution in [0.5, 0.6) is 0 Å². The van der Waals surface area contributed by atoms with Crippen molar-refractivity contribution < 1.29 is 4.79 Å². The average Bonchev–Trinajstić information content (AvgIpc) is 2.67. The molecule has 1 atom stereocenters. The molecule has 1 aromatic carbocycles. The summed E-state index contributed by atoms with van der Waals surface area (Å²) in [5, 5.41) is 2.99. The Kier molecular flexibility index (Phi) is 5.31. The summed E-state index contributed by atoms with van der Waals surface area (Å²) in [6.07, 6.45) is 5.62. The topological polar surface area (TPSA) is 48.5 Å². The molecular weight excluding hydrogens is 300 g/mol. The Balaban J connectivity index is 1.55. The molecule has 2 aromatic rings. The molecule has 0 spiro atoms. The number of hydrogen-bond donors (Lipinski definition) is 1. The third-order valence-electron chi connectivity index (χ3n) is 4.58. The van der Waals surface area contributed by atoms with E-state index in [2.05, 4.69) is 39.5 Å². The Morgan fingerprint density at radius 1 is 1.25 bits per heavy atom. The Morgan fingerprint density at radius 3 is 2.75 bits per heavy atom. The van der Waals surface area contributed by atoms with E-state index < -0.39 is 0 Å². The number of rotatable bonds is 4. The number of amides is 2. The van der Waals surface area contributed by atoms with Gasteiger partial charge in [0.05, 0.1) is 6.04 Å². The smallest absolute Gasteiger partial charge is 0.317 e. The van der Waals surface area contributed by atoms with Crippen LogP contribution in [0.15, 0.2) is 54.9 Å². The number of para-hydroxylation sites is 1. The van der Waals surface area contributed by atoms with Crippen molar-refractivity contribution in [2.75, 3.05) is 25.0 Å². The second-order valence-electron chi connectivity index (χ2n) is 6.20. The van der Waals surface area contributed by atoms with Gasteiger partial charge in [-0.15, -0.1) is 0 Å². The summed E-state index contributed by atoms with van der Waals surface area (Å²) in [6, 6.07) is 14.5. The zero-order valence-corrected chi connectivity index (χ0v) is 14.1. The van der Waals surface area contributed by atoms with Gasteiger partial charge in [0, 0.05) is 44.8 Å². The maximum Gasteiger partial charge on any atom is 0.317 e. The van der Waals surface area contributed by atoms with Crippen molar-refractivity contribution in [2.45, 2.75) is 25.4 Å². The van der Waals surface area contributed by atoms with Gasteiger partial charge in [-0.1, -0.05) is 18.2 Å². The van der Waals surface area contributed by atoms with Crippen LogP contribution in [0.3, 0.4) is 0 Å². The minimum atomic E-state index is -0.0216. The van der Waals surface area contributed by atoms with E-state index in [4.69, 9.17) is 0 Å². The minimum absolute atomic E-state index is 0.0216. The number of carbonyl (C=O) groups excluding carboxylic acids is 1. The Hall–Kier alpha value is -2.56. The summed E-state index contributed by atoms with van der Waals surface area (Å²) in [4.78, 5) is 20.6. The number of nitrogens with zero attached hydrogens (tertiary/aromatic N) is 3. The van der Waals surface area contributed by atoms with Gasteiger partial charge in [0.15, 0.2) is 0 Å². The van der Waals surface area contributed by atoms with E-state index in [1.54, 1.807) is 12.4 Å². The normalized spacial score (nSPS) is 17.4. The summed E-state index contributed by atoms with van der Waals surface area (Å²) in [7, 11) is 1.89. The highest BCUT2D eigenvalue weighted by Crippen LogP contribution is 2.21. The molecule has 0 unspecified atom stereocenters. The van der Waals surface area contributed by atoms with Gasteiger partial charge < -0.3 is 15.1 Å². The number of likely N-dealkylation sites (N-methyl/N-ethyl adjacent to an activating group) is 1. The van der Waals surface area contributed by atoms with E-state index in [0.717, 1.165) is 31.5 Å². The molecule has 24 heavy (non-hydrogen) atoms. The molecule has 1 aliphatic rings. The molecule has 1 aromatic heterocycles. The number of carbonyl (C=O) groups is 1. The van der Waals surface area contributed by atoms with Gasteiger partial charge in [-0.05, 0) is 42.7 Å². The zero-order chi connectivity index (χ0) is 16.8. The number of hydrogen-bond acceptors (Lipinski definition) is 3. The van der Waals surface area contributed by atoms with Crippen molar-refractivity contribution in [3.05, 3.63) is 60.4 Å². The zero-order valence-electron chi connectivity index (χ0n) is 14.1. The molecule has 0 saturated carbocycles. The monoisotopic (exact) mass is 324 g/mol. The lowest BCUT2D eigenvalue weighted by atomic mass is 10.0. The van der Waals surface area contributed by atoms with E-state index >= 15 is 0 Å². The molecule has 0 radical (unpaired) electrons. The number of nitrogens with one attached hydrogen (secondary N) is 1. The van der Waals surface area contributed by atoms with Gasteiger partial charge in [0.25, 0.3) is 0 Å². The largest absolute Gasteiger partial charge is 0.369 e. The maximum atomic E-state index is 12.4. The molecule has 5 nitrogen and oxygen atoms in total. The quantitative estimate of drug-likeness (QED) is 0.941. The van der Waals surface area contributed by atoms with Crippen LogP contribution in [-0.4, -0.2) is 42.1 Å². The van der Waals surface area contributed by atoms with Crippen LogP contribution >= 0.6 is 0 Å². The van der Waals surface area contributed by atoms with Crippen molar-refractivity contribution in [3.8, 4) is 0 Å². The van der Waals surface area contributed by atoms with E-state index in [0.29, 0.717) is 6.54 Å². The van der Waals surface area contributed by atoms with E-state index in [1.165, 1.54) is 5.69 Å². The van der Waals surface area contributed by atoms with Crippen LogP contribution in [0.1, 0.15) is 18.4 Å². The summed E-state index contributed by atoms with van der Waals surface area (Å²) in [5.74, 6) is 0. The third-order valence-corrected chi connectivity index (χ3v) is 4.58. The lowest BCUT2D eigenvalue weighted by Gasteiger charge is -2.38. The summed E-state index contributed by atoms with van der Waals surface area (Å²) in [6.45, 7) is 2.46. The van der Waals surface area contributed by atoms with Gasteiger partial charge in [0.2, 0.25) is 0 Å². The van der Waals surface area contributed by atoms with Gasteiger partial charge in [0.1, 0.15) is 0 Å². The highest BCUT2D eigenvalue weighted by molar-refractivity contribution is 5.74. The first-order valence-electron chi connectivity index (χ1n) is 8.43. The first kappa shape index (κ1) is 16.3. The van der Waals surface area contributed by atoms with Crippen molar-refractivity contribution in [1.29, 1.82) is 0 Å². The van der Waals surface area contributed by atoms with E-state index in [9.17, 15) is 4.79 Å². The molecule has 1 saturated heterocycles. The van der Waals surface area contributed by atoms with Crippen LogP contribution in [0.4, 0.5) is 10.5 Å². The molecule has 1 aliphatic heterocycles. The Bertz CT molecular complexity index is 647. The van der Waals surface area contributed by atoms with Crippen molar-refractivity contribution >= 4 is 11.7 Å². The van der Waals surface area contributed by atoms with Gasteiger partial charge in [-0.25, -0.2) is 4.79 Å². The Morgan fingerprint density at radius 2 is 2.00 bits per heavy atom. The second-order valence-corrected chi connectivity index (χ2v) is 6.20. The molecule has 1 N–H and O–H groups in total. The first-order valence-corrected chi connectivity index (χ1v) is 8.43. The van der Waals surface area contributed by atoms with E-state index in [-0.39, 0.29) is 12.1 Å². The lowest BCUT2D eigenvalue weighted by molar-refractivity contribution is 0.182. The van der Waals surface area contributed by atoms with Crippen molar-refractivity contribution in [3.63, 3.8) is 0 Å². The number of anilines is 1. The Labute approximate surface area is 143 Å². The molecule has 3 rings (SSSR count). The molecule has 1 fully saturated rings. The van der Waals surface area contributed by atoms with Crippen LogP contribution < -0.4 is 10.2 Å². The molecule has 5 heteroatoms. The highest BCUT2D eigenvalue weighted by Gasteiger charge is 2.26. The van der Waals surface area contributed by atoms with Crippen LogP contribution in [0.25, 0.3) is 0 Å². The molecule has 2 heterocycles. The predicted molar refractivity (Wildman–Crippen MR) is 95.9 cm³/mol. The fourth-order valence-corrected chi connectivity index (χ4v) is 3.11. The predicted octanol–water partition coefficient (Wildman–Crippen LogP) is 2.89. The minimum Gasteiger partial charge on any atom is -0.369 e. The molecule has 126 valence electrons. The lowest BCUT2D eigenvalue weighted by Crippen LogP contribution is -2.51. The number of piperidine rings is 1. The summed E-state index contributed by atoms with van der Waals surface area (Å²) >= 11 is 0. The van der Waals surface area contributed by atoms with Crippen molar-refractivity contribution in [1.82, 2.24) is 15.2 Å². The summed E-state index contributed by atoms with van der Waals surface area (Å²) < 4.78 is 0. The highest BCUT2D eigenvalue weighted by atomic mass is 16.2. The summed E-state index contributed by atoms with van der Waals surface area (Å²) in [5.41, 5.74) is 2.29. The molecule has 0 bridgehead atoms. The van der Waals surface area contributed by atoms with E-state index in [1.807, 2.05) is 30.1 Å². The number of benzene rings is 1. The van der Waals surface area contributed by atoms with Gasteiger partial charge in [-0.3, -0.25) is 4.98 Å². The van der Waals surface area contributed by atoms with Gasteiger partial charge in [-0.2, -0.15) is 0 Å². The van der Waals surface area contributed by atoms with Crippen LogP contribution in [0, 0.1) is 0 Å². The fourth-order valence-electron chi connectivity index (χ4n) is 3.11. The van der Waals surface area contributed by atoms with Gasteiger partial charge >= 0.3 is 6.03 Å². The second kappa shape index (κ2) is 7.81. The first-order chi connectivity index (χ1) is 11.7. The fraction of sp³-hybridized carbons (Fsp3) is 0.368. The third kappa shape index (κ3) is 4.04. The number of aromatic nitrogens is 1.